The van der Waals surface area contributed by atoms with Gasteiger partial charge in [-0.25, -0.2) is 4.90 Å². The lowest BCUT2D eigenvalue weighted by Crippen LogP contribution is -2.51. The van der Waals surface area contributed by atoms with Crippen LogP contribution in [0.2, 0.25) is 0 Å². The molecular weight excluding hydrogens is 464 g/mol. The summed E-state index contributed by atoms with van der Waals surface area (Å²) in [7, 11) is 0. The fraction of sp³-hybridized carbons (Fsp3) is 0.185. The summed E-state index contributed by atoms with van der Waals surface area (Å²) in [5.74, 6) is -5.37. The molecule has 178 valence electrons. The zero-order valence-electron chi connectivity index (χ0n) is 18.9. The zero-order valence-corrected chi connectivity index (χ0v) is 18.9. The van der Waals surface area contributed by atoms with E-state index < -0.39 is 51.8 Å². The molecule has 9 nitrogen and oxygen atoms in total. The molecule has 0 N–H and O–H groups in total. The molecule has 1 spiro atoms. The van der Waals surface area contributed by atoms with Gasteiger partial charge in [-0.05, 0) is 18.6 Å². The van der Waals surface area contributed by atoms with E-state index in [0.717, 1.165) is 16.5 Å². The second-order valence-electron chi connectivity index (χ2n) is 9.18. The highest BCUT2D eigenvalue weighted by molar-refractivity contribution is 6.37. The van der Waals surface area contributed by atoms with Crippen LogP contribution in [0.1, 0.15) is 37.9 Å². The van der Waals surface area contributed by atoms with Gasteiger partial charge < -0.3 is 4.74 Å². The topological polar surface area (TPSA) is 124 Å². The first-order valence-corrected chi connectivity index (χ1v) is 11.3. The average molecular weight is 482 g/mol. The number of nitro groups is 1. The Morgan fingerprint density at radius 1 is 0.861 bits per heavy atom. The molecule has 0 saturated carbocycles. The SMILES string of the molecule is Cc1ccc([C@H]2OC3(C(=O)c4ccccc4C3=O)[C@@H]3C(=O)N(c4cccc([N+](=O)[O-])c4)C(=O)[C@@H]23)cc1. The van der Waals surface area contributed by atoms with Crippen molar-refractivity contribution in [1.29, 1.82) is 0 Å². The number of aryl methyl sites for hydroxylation is 1. The van der Waals surface area contributed by atoms with Gasteiger partial charge in [0.2, 0.25) is 29.0 Å². The van der Waals surface area contributed by atoms with E-state index in [1.165, 1.54) is 30.3 Å². The number of nitrogens with zero attached hydrogens (tertiary/aromatic N) is 2. The van der Waals surface area contributed by atoms with Crippen LogP contribution >= 0.6 is 0 Å². The number of amides is 2. The second kappa shape index (κ2) is 7.50. The third kappa shape index (κ3) is 2.74. The van der Waals surface area contributed by atoms with Crippen molar-refractivity contribution in [1.82, 2.24) is 0 Å². The lowest BCUT2D eigenvalue weighted by Gasteiger charge is -2.27. The molecule has 1 aliphatic carbocycles. The van der Waals surface area contributed by atoms with Crippen molar-refractivity contribution >= 4 is 34.8 Å². The lowest BCUT2D eigenvalue weighted by molar-refractivity contribution is -0.384. The number of fused-ring (bicyclic) bond motifs is 3. The van der Waals surface area contributed by atoms with Crippen molar-refractivity contribution in [3.05, 3.63) is 105 Å². The molecule has 0 bridgehead atoms. The van der Waals surface area contributed by atoms with Crippen molar-refractivity contribution in [2.45, 2.75) is 18.6 Å². The van der Waals surface area contributed by atoms with Crippen LogP contribution in [-0.2, 0) is 14.3 Å². The molecule has 2 heterocycles. The van der Waals surface area contributed by atoms with Gasteiger partial charge in [0.1, 0.15) is 0 Å². The Labute approximate surface area is 204 Å². The lowest BCUT2D eigenvalue weighted by atomic mass is 9.77. The third-order valence-corrected chi connectivity index (χ3v) is 7.22. The molecule has 3 atom stereocenters. The Kier molecular flexibility index (Phi) is 4.58. The zero-order chi connectivity index (χ0) is 25.4. The van der Waals surface area contributed by atoms with Gasteiger partial charge in [0.25, 0.3) is 5.69 Å². The number of non-ortho nitro benzene ring substituents is 1. The van der Waals surface area contributed by atoms with Crippen molar-refractivity contribution in [3.8, 4) is 0 Å². The number of benzene rings is 3. The van der Waals surface area contributed by atoms with Crippen LogP contribution in [-0.4, -0.2) is 33.9 Å². The fourth-order valence-electron chi connectivity index (χ4n) is 5.57. The van der Waals surface area contributed by atoms with Crippen LogP contribution in [0.15, 0.2) is 72.8 Å². The molecule has 6 rings (SSSR count). The molecule has 2 saturated heterocycles. The number of Topliss-reactive ketones (excluding diaryl/α,β-unsaturated/α-hetero) is 2. The fourth-order valence-corrected chi connectivity index (χ4v) is 5.57. The van der Waals surface area contributed by atoms with Crippen LogP contribution in [0.25, 0.3) is 0 Å². The van der Waals surface area contributed by atoms with Crippen molar-refractivity contribution < 1.29 is 28.8 Å². The number of carbonyl (C=O) groups is 4. The maximum atomic E-state index is 13.9. The van der Waals surface area contributed by atoms with Crippen molar-refractivity contribution in [3.63, 3.8) is 0 Å². The number of rotatable bonds is 3. The minimum absolute atomic E-state index is 0.00168. The molecule has 0 radical (unpaired) electrons. The van der Waals surface area contributed by atoms with E-state index in [1.807, 2.05) is 19.1 Å². The monoisotopic (exact) mass is 482 g/mol. The number of nitro benzene ring substituents is 1. The quantitative estimate of drug-likeness (QED) is 0.242. The maximum Gasteiger partial charge on any atom is 0.271 e. The van der Waals surface area contributed by atoms with Gasteiger partial charge in [0.15, 0.2) is 0 Å². The third-order valence-electron chi connectivity index (χ3n) is 7.22. The van der Waals surface area contributed by atoms with Gasteiger partial charge in [0.05, 0.1) is 28.6 Å². The summed E-state index contributed by atoms with van der Waals surface area (Å²) in [6, 6.07) is 18.5. The molecule has 0 unspecified atom stereocenters. The summed E-state index contributed by atoms with van der Waals surface area (Å²) in [6.07, 6.45) is -1.04. The Morgan fingerprint density at radius 3 is 2.11 bits per heavy atom. The van der Waals surface area contributed by atoms with Gasteiger partial charge in [-0.3, -0.25) is 29.3 Å². The minimum atomic E-state index is -2.19. The van der Waals surface area contributed by atoms with Gasteiger partial charge in [-0.15, -0.1) is 0 Å². The van der Waals surface area contributed by atoms with Crippen LogP contribution in [0.5, 0.6) is 0 Å². The second-order valence-corrected chi connectivity index (χ2v) is 9.18. The summed E-state index contributed by atoms with van der Waals surface area (Å²) in [5, 5.41) is 11.3. The smallest absolute Gasteiger partial charge is 0.271 e. The summed E-state index contributed by atoms with van der Waals surface area (Å²) < 4.78 is 6.22. The van der Waals surface area contributed by atoms with E-state index in [2.05, 4.69) is 0 Å². The first-order valence-electron chi connectivity index (χ1n) is 11.3. The first kappa shape index (κ1) is 22.0. The highest BCUT2D eigenvalue weighted by Crippen LogP contribution is 2.57. The highest BCUT2D eigenvalue weighted by Gasteiger charge is 2.74. The number of ether oxygens (including phenoxy) is 1. The molecule has 2 fully saturated rings. The first-order chi connectivity index (χ1) is 17.3. The number of anilines is 1. The molecule has 36 heavy (non-hydrogen) atoms. The van der Waals surface area contributed by atoms with Crippen LogP contribution in [0.3, 0.4) is 0 Å². The van der Waals surface area contributed by atoms with E-state index in [4.69, 9.17) is 4.74 Å². The number of carbonyl (C=O) groups excluding carboxylic acids is 4. The Hall–Kier alpha value is -4.50. The minimum Gasteiger partial charge on any atom is -0.349 e. The van der Waals surface area contributed by atoms with E-state index in [9.17, 15) is 29.3 Å². The van der Waals surface area contributed by atoms with Gasteiger partial charge >= 0.3 is 0 Å². The Morgan fingerprint density at radius 2 is 1.50 bits per heavy atom. The summed E-state index contributed by atoms with van der Waals surface area (Å²) in [4.78, 5) is 66.6. The maximum absolute atomic E-state index is 13.9. The van der Waals surface area contributed by atoms with Crippen LogP contribution in [0, 0.1) is 28.9 Å². The molecule has 3 aromatic rings. The normalized spacial score (nSPS) is 23.9. The summed E-state index contributed by atoms with van der Waals surface area (Å²) in [6.45, 7) is 1.89. The molecular formula is C27H18N2O7. The van der Waals surface area contributed by atoms with E-state index in [1.54, 1.807) is 24.3 Å². The standard InChI is InChI=1S/C27H18N2O7/c1-14-9-11-15(12-10-14)22-20-21(27(36-22)23(30)18-7-2-3-8-19(18)24(27)31)26(33)28(25(20)32)16-5-4-6-17(13-16)29(34)35/h2-13,20-22H,1H3/t20-,21+,22-/m1/s1. The largest absolute Gasteiger partial charge is 0.349 e. The van der Waals surface area contributed by atoms with Crippen LogP contribution < -0.4 is 4.90 Å². The van der Waals surface area contributed by atoms with Crippen molar-refractivity contribution in [2.24, 2.45) is 11.8 Å². The van der Waals surface area contributed by atoms with Crippen molar-refractivity contribution in [2.75, 3.05) is 4.90 Å². The van der Waals surface area contributed by atoms with Gasteiger partial charge in [-0.2, -0.15) is 0 Å². The summed E-state index contributed by atoms with van der Waals surface area (Å²) in [5.41, 5.74) is -0.707. The van der Waals surface area contributed by atoms with Crippen LogP contribution in [0.4, 0.5) is 11.4 Å². The predicted molar refractivity (Wildman–Crippen MR) is 125 cm³/mol. The number of hydrogen-bond acceptors (Lipinski definition) is 7. The molecule has 3 aliphatic rings. The Bertz CT molecular complexity index is 1480. The average Bonchev–Trinajstić information content (AvgIpc) is 3.44. The Balaban J connectivity index is 1.54. The van der Waals surface area contributed by atoms with Gasteiger partial charge in [0, 0.05) is 23.3 Å². The number of ketones is 2. The number of hydrogen-bond donors (Lipinski definition) is 0. The van der Waals surface area contributed by atoms with E-state index in [-0.39, 0.29) is 22.5 Å². The summed E-state index contributed by atoms with van der Waals surface area (Å²) >= 11 is 0. The molecule has 0 aromatic heterocycles. The molecule has 9 heteroatoms. The molecule has 2 amide bonds. The van der Waals surface area contributed by atoms with Gasteiger partial charge in [-0.1, -0.05) is 60.2 Å². The van der Waals surface area contributed by atoms with E-state index in [0.29, 0.717) is 5.56 Å². The number of imide groups is 1. The molecule has 3 aromatic carbocycles. The highest BCUT2D eigenvalue weighted by atomic mass is 16.6. The molecule has 2 aliphatic heterocycles. The van der Waals surface area contributed by atoms with E-state index >= 15 is 0 Å². The predicted octanol–water partition coefficient (Wildman–Crippen LogP) is 3.60.